The first-order chi connectivity index (χ1) is 14.1. The predicted molar refractivity (Wildman–Crippen MR) is 106 cm³/mol. The van der Waals surface area contributed by atoms with Crippen LogP contribution in [0.1, 0.15) is 35.4 Å². The SMILES string of the molecule is O=C1Nc2ccc(F)cc2/C1=C1/OCc2nc(CCN3CCCC(O)C3)ccc21. The lowest BCUT2D eigenvalue weighted by molar-refractivity contribution is -0.110. The average Bonchev–Trinajstić information content (AvgIpc) is 3.25. The Morgan fingerprint density at radius 3 is 3.03 bits per heavy atom. The van der Waals surface area contributed by atoms with Gasteiger partial charge < -0.3 is 20.1 Å². The summed E-state index contributed by atoms with van der Waals surface area (Å²) in [6.07, 6.45) is 2.46. The summed E-state index contributed by atoms with van der Waals surface area (Å²) in [4.78, 5) is 19.5. The number of pyridine rings is 1. The van der Waals surface area contributed by atoms with Crippen LogP contribution in [0.4, 0.5) is 10.1 Å². The molecule has 1 unspecified atom stereocenters. The molecule has 0 spiro atoms. The number of hydrogen-bond donors (Lipinski definition) is 2. The Hall–Kier alpha value is -2.77. The van der Waals surface area contributed by atoms with Crippen LogP contribution < -0.4 is 5.32 Å². The fourth-order valence-corrected chi connectivity index (χ4v) is 4.30. The number of fused-ring (bicyclic) bond motifs is 2. The van der Waals surface area contributed by atoms with Gasteiger partial charge in [-0.2, -0.15) is 0 Å². The topological polar surface area (TPSA) is 74.7 Å². The lowest BCUT2D eigenvalue weighted by Gasteiger charge is -2.29. The number of β-amino-alcohol motifs (C(OH)–C–C–N with tert-alkyl or cyclic N) is 1. The summed E-state index contributed by atoms with van der Waals surface area (Å²) in [5.74, 6) is -0.228. The number of piperidine rings is 1. The van der Waals surface area contributed by atoms with Gasteiger partial charge in [0.25, 0.3) is 5.91 Å². The Balaban J connectivity index is 1.40. The number of rotatable bonds is 3. The smallest absolute Gasteiger partial charge is 0.260 e. The molecule has 1 atom stereocenters. The Kier molecular flexibility index (Phi) is 4.56. The molecule has 1 fully saturated rings. The summed E-state index contributed by atoms with van der Waals surface area (Å²) in [6, 6.07) is 8.12. The van der Waals surface area contributed by atoms with Gasteiger partial charge in [-0.15, -0.1) is 0 Å². The zero-order valence-electron chi connectivity index (χ0n) is 15.9. The van der Waals surface area contributed by atoms with Gasteiger partial charge in [-0.3, -0.25) is 9.78 Å². The summed E-state index contributed by atoms with van der Waals surface area (Å²) in [6.45, 7) is 2.87. The fraction of sp³-hybridized carbons (Fsp3) is 0.364. The number of amides is 1. The van der Waals surface area contributed by atoms with Crippen LogP contribution in [0.5, 0.6) is 0 Å². The largest absolute Gasteiger partial charge is 0.486 e. The molecule has 1 aromatic heterocycles. The summed E-state index contributed by atoms with van der Waals surface area (Å²) in [5, 5.41) is 12.6. The molecule has 0 aliphatic carbocycles. The minimum Gasteiger partial charge on any atom is -0.486 e. The molecule has 5 rings (SSSR count). The van der Waals surface area contributed by atoms with Crippen LogP contribution >= 0.6 is 0 Å². The number of anilines is 1. The third kappa shape index (κ3) is 3.41. The van der Waals surface area contributed by atoms with Crippen molar-refractivity contribution in [3.05, 3.63) is 58.7 Å². The first kappa shape index (κ1) is 18.3. The van der Waals surface area contributed by atoms with Crippen LogP contribution in [0.3, 0.4) is 0 Å². The number of carbonyl (C=O) groups excluding carboxylic acids is 1. The first-order valence-corrected chi connectivity index (χ1v) is 9.96. The van der Waals surface area contributed by atoms with E-state index in [1.807, 2.05) is 12.1 Å². The molecule has 2 N–H and O–H groups in total. The van der Waals surface area contributed by atoms with Crippen molar-refractivity contribution in [1.82, 2.24) is 9.88 Å². The maximum atomic E-state index is 13.7. The van der Waals surface area contributed by atoms with Gasteiger partial charge >= 0.3 is 0 Å². The van der Waals surface area contributed by atoms with Gasteiger partial charge in [0.05, 0.1) is 17.4 Å². The highest BCUT2D eigenvalue weighted by molar-refractivity contribution is 6.36. The minimum atomic E-state index is -0.395. The molecule has 1 aromatic carbocycles. The summed E-state index contributed by atoms with van der Waals surface area (Å²) >= 11 is 0. The standard InChI is InChI=1S/C22H22FN3O3/c23-13-3-6-18-17(10-13)20(22(28)25-18)21-16-5-4-14(24-19(16)12-29-21)7-9-26-8-1-2-15(27)11-26/h3-6,10,15,27H,1-2,7-9,11-12H2,(H,25,28)/b21-20-. The van der Waals surface area contributed by atoms with Gasteiger partial charge in [-0.1, -0.05) is 0 Å². The third-order valence-corrected chi connectivity index (χ3v) is 5.75. The molecule has 0 bridgehead atoms. The van der Waals surface area contributed by atoms with E-state index in [1.165, 1.54) is 12.1 Å². The highest BCUT2D eigenvalue weighted by atomic mass is 19.1. The number of nitrogens with zero attached hydrogens (tertiary/aromatic N) is 2. The highest BCUT2D eigenvalue weighted by Gasteiger charge is 2.33. The second kappa shape index (κ2) is 7.24. The summed E-state index contributed by atoms with van der Waals surface area (Å²) < 4.78 is 19.6. The van der Waals surface area contributed by atoms with E-state index < -0.39 is 5.82 Å². The van der Waals surface area contributed by atoms with E-state index in [2.05, 4.69) is 10.2 Å². The van der Waals surface area contributed by atoms with Crippen LogP contribution in [0.2, 0.25) is 0 Å². The molecule has 0 saturated carbocycles. The quantitative estimate of drug-likeness (QED) is 0.782. The van der Waals surface area contributed by atoms with E-state index in [1.54, 1.807) is 6.07 Å². The van der Waals surface area contributed by atoms with Crippen molar-refractivity contribution < 1.29 is 19.0 Å². The highest BCUT2D eigenvalue weighted by Crippen LogP contribution is 2.41. The number of halogens is 1. The maximum Gasteiger partial charge on any atom is 0.260 e. The molecule has 0 radical (unpaired) electrons. The van der Waals surface area contributed by atoms with Crippen LogP contribution in [0.15, 0.2) is 30.3 Å². The number of aliphatic hydroxyl groups is 1. The second-order valence-corrected chi connectivity index (χ2v) is 7.78. The van der Waals surface area contributed by atoms with Gasteiger partial charge in [-0.25, -0.2) is 4.39 Å². The lowest BCUT2D eigenvalue weighted by atomic mass is 10.0. The first-order valence-electron chi connectivity index (χ1n) is 9.96. The molecule has 1 amide bonds. The maximum absolute atomic E-state index is 13.7. The zero-order chi connectivity index (χ0) is 20.0. The molecule has 3 aliphatic heterocycles. The Bertz CT molecular complexity index is 1020. The second-order valence-electron chi connectivity index (χ2n) is 7.78. The molecular formula is C22H22FN3O3. The van der Waals surface area contributed by atoms with Crippen molar-refractivity contribution in [3.63, 3.8) is 0 Å². The van der Waals surface area contributed by atoms with Gasteiger partial charge in [0.1, 0.15) is 18.2 Å². The van der Waals surface area contributed by atoms with Gasteiger partial charge in [0.15, 0.2) is 0 Å². The molecule has 1 saturated heterocycles. The van der Waals surface area contributed by atoms with Crippen molar-refractivity contribution >= 4 is 22.9 Å². The number of aliphatic hydroxyl groups excluding tert-OH is 1. The summed E-state index contributed by atoms with van der Waals surface area (Å²) in [7, 11) is 0. The molecule has 6 nitrogen and oxygen atoms in total. The van der Waals surface area contributed by atoms with Crippen molar-refractivity contribution in [2.45, 2.75) is 32.0 Å². The number of carbonyl (C=O) groups is 1. The Morgan fingerprint density at radius 2 is 2.17 bits per heavy atom. The van der Waals surface area contributed by atoms with Crippen LogP contribution in [0.25, 0.3) is 11.3 Å². The minimum absolute atomic E-state index is 0.232. The molecule has 150 valence electrons. The molecule has 7 heteroatoms. The lowest BCUT2D eigenvalue weighted by Crippen LogP contribution is -2.39. The molecular weight excluding hydrogens is 373 g/mol. The van der Waals surface area contributed by atoms with Crippen LogP contribution in [-0.2, 0) is 22.6 Å². The van der Waals surface area contributed by atoms with Crippen LogP contribution in [0, 0.1) is 5.82 Å². The Morgan fingerprint density at radius 1 is 1.28 bits per heavy atom. The van der Waals surface area contributed by atoms with Crippen molar-refractivity contribution in [3.8, 4) is 0 Å². The van der Waals surface area contributed by atoms with Gasteiger partial charge in [-0.05, 0) is 49.7 Å². The van der Waals surface area contributed by atoms with Crippen LogP contribution in [-0.4, -0.2) is 46.6 Å². The van der Waals surface area contributed by atoms with Crippen molar-refractivity contribution in [1.29, 1.82) is 0 Å². The Labute approximate surface area is 168 Å². The summed E-state index contributed by atoms with van der Waals surface area (Å²) in [5.41, 5.74) is 4.00. The molecule has 3 aliphatic rings. The fourth-order valence-electron chi connectivity index (χ4n) is 4.30. The molecule has 29 heavy (non-hydrogen) atoms. The van der Waals surface area contributed by atoms with E-state index in [-0.39, 0.29) is 12.0 Å². The number of hydrogen-bond acceptors (Lipinski definition) is 5. The van der Waals surface area contributed by atoms with Gasteiger partial charge in [0.2, 0.25) is 0 Å². The normalized spacial score (nSPS) is 23.5. The van der Waals surface area contributed by atoms with Crippen molar-refractivity contribution in [2.24, 2.45) is 0 Å². The number of likely N-dealkylation sites (tertiary alicyclic amines) is 1. The monoisotopic (exact) mass is 395 g/mol. The van der Waals surface area contributed by atoms with E-state index in [0.717, 1.165) is 55.8 Å². The number of ether oxygens (including phenoxy) is 1. The zero-order valence-corrected chi connectivity index (χ0v) is 15.9. The molecule has 4 heterocycles. The van der Waals surface area contributed by atoms with E-state index in [4.69, 9.17) is 9.72 Å². The molecule has 2 aromatic rings. The number of aromatic nitrogens is 1. The average molecular weight is 395 g/mol. The van der Waals surface area contributed by atoms with Crippen molar-refractivity contribution in [2.75, 3.05) is 25.0 Å². The van der Waals surface area contributed by atoms with Gasteiger partial charge in [0, 0.05) is 42.0 Å². The van der Waals surface area contributed by atoms with E-state index >= 15 is 0 Å². The van der Waals surface area contributed by atoms with E-state index in [9.17, 15) is 14.3 Å². The predicted octanol–water partition coefficient (Wildman–Crippen LogP) is 2.57. The third-order valence-electron chi connectivity index (χ3n) is 5.75. The number of benzene rings is 1. The van der Waals surface area contributed by atoms with E-state index in [0.29, 0.717) is 29.2 Å². The number of nitrogens with one attached hydrogen (secondary N) is 1.